The summed E-state index contributed by atoms with van der Waals surface area (Å²) in [5.41, 5.74) is 2.94. The van der Waals surface area contributed by atoms with E-state index in [0.29, 0.717) is 11.8 Å². The molecule has 2 nitrogen and oxygen atoms in total. The molecule has 2 aliphatic carbocycles. The van der Waals surface area contributed by atoms with Crippen molar-refractivity contribution in [3.8, 4) is 0 Å². The Morgan fingerprint density at radius 3 is 2.94 bits per heavy atom. The van der Waals surface area contributed by atoms with E-state index in [1.165, 1.54) is 16.9 Å². The fourth-order valence-corrected chi connectivity index (χ4v) is 3.94. The number of fused-ring (bicyclic) bond motifs is 2. The van der Waals surface area contributed by atoms with Crippen LogP contribution in [0.1, 0.15) is 43.6 Å². The van der Waals surface area contributed by atoms with Crippen LogP contribution in [0.4, 0.5) is 0 Å². The first-order valence-electron chi connectivity index (χ1n) is 6.76. The molecule has 0 aliphatic heterocycles. The number of furan rings is 1. The van der Waals surface area contributed by atoms with Crippen LogP contribution in [-0.4, -0.2) is 11.2 Å². The summed E-state index contributed by atoms with van der Waals surface area (Å²) in [5.74, 6) is 2.27. The zero-order chi connectivity index (χ0) is 12.2. The van der Waals surface area contributed by atoms with Crippen LogP contribution >= 0.6 is 0 Å². The lowest BCUT2D eigenvalue weighted by Gasteiger charge is -2.50. The first-order valence-corrected chi connectivity index (χ1v) is 6.76. The highest BCUT2D eigenvalue weighted by molar-refractivity contribution is 5.32. The predicted octanol–water partition coefficient (Wildman–Crippen LogP) is 3.10. The van der Waals surface area contributed by atoms with Gasteiger partial charge in [0.25, 0.3) is 0 Å². The number of rotatable bonds is 0. The van der Waals surface area contributed by atoms with E-state index in [2.05, 4.69) is 20.8 Å². The summed E-state index contributed by atoms with van der Waals surface area (Å²) in [6.45, 7) is 6.72. The molecule has 1 fully saturated rings. The molecule has 4 atom stereocenters. The third kappa shape index (κ3) is 1.50. The average Bonchev–Trinajstić information content (AvgIpc) is 2.64. The molecular weight excluding hydrogens is 212 g/mol. The molecule has 0 unspecified atom stereocenters. The standard InChI is InChI=1S/C15H22O2/c1-9-8-17-14-6-11-4-5-13(16)10(2)15(11,3)7-12(9)14/h8,10-11,13,16H,4-7H2,1-3H3/t10-,11+,13+,15+/m0/s1. The Balaban J connectivity index is 2.01. The molecule has 17 heavy (non-hydrogen) atoms. The zero-order valence-corrected chi connectivity index (χ0v) is 11.0. The fourth-order valence-electron chi connectivity index (χ4n) is 3.94. The molecule has 0 bridgehead atoms. The van der Waals surface area contributed by atoms with Crippen LogP contribution in [0.25, 0.3) is 0 Å². The first kappa shape index (κ1) is 11.3. The average molecular weight is 234 g/mol. The lowest BCUT2D eigenvalue weighted by atomic mass is 9.55. The van der Waals surface area contributed by atoms with Gasteiger partial charge in [0.15, 0.2) is 0 Å². The monoisotopic (exact) mass is 234 g/mol. The molecule has 1 heterocycles. The fraction of sp³-hybridized carbons (Fsp3) is 0.733. The second-order valence-corrected chi connectivity index (χ2v) is 6.34. The van der Waals surface area contributed by atoms with Gasteiger partial charge in [0.05, 0.1) is 12.4 Å². The van der Waals surface area contributed by atoms with Crippen LogP contribution in [-0.2, 0) is 12.8 Å². The minimum absolute atomic E-state index is 0.120. The molecule has 1 saturated carbocycles. The third-order valence-electron chi connectivity index (χ3n) is 5.54. The molecule has 1 N–H and O–H groups in total. The van der Waals surface area contributed by atoms with Gasteiger partial charge >= 0.3 is 0 Å². The molecule has 94 valence electrons. The van der Waals surface area contributed by atoms with E-state index in [4.69, 9.17) is 4.42 Å². The van der Waals surface area contributed by atoms with Crippen molar-refractivity contribution >= 4 is 0 Å². The van der Waals surface area contributed by atoms with Gasteiger partial charge in [-0.2, -0.15) is 0 Å². The van der Waals surface area contributed by atoms with Crippen molar-refractivity contribution in [2.45, 2.75) is 52.6 Å². The van der Waals surface area contributed by atoms with Crippen molar-refractivity contribution in [3.63, 3.8) is 0 Å². The van der Waals surface area contributed by atoms with Crippen LogP contribution in [0.15, 0.2) is 10.7 Å². The van der Waals surface area contributed by atoms with Crippen LogP contribution in [0.5, 0.6) is 0 Å². The highest BCUT2D eigenvalue weighted by Gasteiger charge is 2.49. The third-order valence-corrected chi connectivity index (χ3v) is 5.54. The van der Waals surface area contributed by atoms with E-state index >= 15 is 0 Å². The molecule has 0 amide bonds. The Kier molecular flexibility index (Phi) is 2.41. The van der Waals surface area contributed by atoms with E-state index < -0.39 is 0 Å². The smallest absolute Gasteiger partial charge is 0.107 e. The van der Waals surface area contributed by atoms with Gasteiger partial charge in [0.1, 0.15) is 5.76 Å². The number of hydrogen-bond acceptors (Lipinski definition) is 2. The highest BCUT2D eigenvalue weighted by Crippen LogP contribution is 2.52. The zero-order valence-electron chi connectivity index (χ0n) is 11.0. The van der Waals surface area contributed by atoms with Gasteiger partial charge in [0.2, 0.25) is 0 Å². The van der Waals surface area contributed by atoms with Crippen LogP contribution in [0.3, 0.4) is 0 Å². The Hall–Kier alpha value is -0.760. The number of aryl methyl sites for hydroxylation is 1. The number of aliphatic hydroxyl groups is 1. The van der Waals surface area contributed by atoms with Crippen molar-refractivity contribution in [2.24, 2.45) is 17.3 Å². The van der Waals surface area contributed by atoms with Gasteiger partial charge in [0, 0.05) is 6.42 Å². The number of hydrogen-bond donors (Lipinski definition) is 1. The van der Waals surface area contributed by atoms with Crippen LogP contribution in [0.2, 0.25) is 0 Å². The minimum Gasteiger partial charge on any atom is -0.469 e. The maximum absolute atomic E-state index is 10.1. The van der Waals surface area contributed by atoms with Gasteiger partial charge in [-0.3, -0.25) is 0 Å². The van der Waals surface area contributed by atoms with Crippen molar-refractivity contribution in [1.82, 2.24) is 0 Å². The van der Waals surface area contributed by atoms with E-state index in [0.717, 1.165) is 25.7 Å². The first-order chi connectivity index (χ1) is 8.02. The molecule has 2 aliphatic rings. The molecule has 0 saturated heterocycles. The maximum Gasteiger partial charge on any atom is 0.107 e. The Morgan fingerprint density at radius 2 is 2.18 bits per heavy atom. The predicted molar refractivity (Wildman–Crippen MR) is 66.9 cm³/mol. The summed E-state index contributed by atoms with van der Waals surface area (Å²) in [6.07, 6.45) is 6.01. The molecule has 2 heteroatoms. The van der Waals surface area contributed by atoms with Crippen molar-refractivity contribution in [3.05, 3.63) is 23.2 Å². The molecule has 0 aromatic carbocycles. The highest BCUT2D eigenvalue weighted by atomic mass is 16.3. The minimum atomic E-state index is -0.120. The van der Waals surface area contributed by atoms with Gasteiger partial charge in [-0.1, -0.05) is 13.8 Å². The largest absolute Gasteiger partial charge is 0.469 e. The molecule has 0 spiro atoms. The SMILES string of the molecule is Cc1coc2c1C[C@@]1(C)[C@H](CC[C@@H](O)[C@@H]1C)C2. The summed E-state index contributed by atoms with van der Waals surface area (Å²) in [5, 5.41) is 10.1. The molecule has 1 aromatic heterocycles. The maximum atomic E-state index is 10.1. The van der Waals surface area contributed by atoms with Gasteiger partial charge in [-0.05, 0) is 54.6 Å². The Morgan fingerprint density at radius 1 is 1.41 bits per heavy atom. The second-order valence-electron chi connectivity index (χ2n) is 6.34. The van der Waals surface area contributed by atoms with Crippen LogP contribution < -0.4 is 0 Å². The summed E-state index contributed by atoms with van der Waals surface area (Å²) in [6, 6.07) is 0. The molecular formula is C15H22O2. The van der Waals surface area contributed by atoms with Crippen molar-refractivity contribution < 1.29 is 9.52 Å². The van der Waals surface area contributed by atoms with Gasteiger partial charge in [-0.25, -0.2) is 0 Å². The van der Waals surface area contributed by atoms with E-state index in [1.807, 2.05) is 6.26 Å². The second kappa shape index (κ2) is 3.61. The van der Waals surface area contributed by atoms with Gasteiger partial charge in [-0.15, -0.1) is 0 Å². The Labute approximate surface area is 103 Å². The van der Waals surface area contributed by atoms with E-state index in [1.54, 1.807) is 0 Å². The summed E-state index contributed by atoms with van der Waals surface area (Å²) in [4.78, 5) is 0. The summed E-state index contributed by atoms with van der Waals surface area (Å²) >= 11 is 0. The van der Waals surface area contributed by atoms with Crippen molar-refractivity contribution in [1.29, 1.82) is 0 Å². The van der Waals surface area contributed by atoms with Crippen molar-refractivity contribution in [2.75, 3.05) is 0 Å². The molecule has 1 aromatic rings. The van der Waals surface area contributed by atoms with Gasteiger partial charge < -0.3 is 9.52 Å². The van der Waals surface area contributed by atoms with E-state index in [-0.39, 0.29) is 11.5 Å². The van der Waals surface area contributed by atoms with Crippen LogP contribution in [0, 0.1) is 24.2 Å². The lowest BCUT2D eigenvalue weighted by molar-refractivity contribution is -0.0546. The topological polar surface area (TPSA) is 33.4 Å². The van der Waals surface area contributed by atoms with E-state index in [9.17, 15) is 5.11 Å². The summed E-state index contributed by atoms with van der Waals surface area (Å²) < 4.78 is 5.68. The molecule has 0 radical (unpaired) electrons. The summed E-state index contributed by atoms with van der Waals surface area (Å²) in [7, 11) is 0. The molecule has 3 rings (SSSR count). The Bertz CT molecular complexity index is 434. The quantitative estimate of drug-likeness (QED) is 0.748. The number of aliphatic hydroxyl groups excluding tert-OH is 1. The lowest BCUT2D eigenvalue weighted by Crippen LogP contribution is -2.48. The normalized spacial score (nSPS) is 40.8.